The average Bonchev–Trinajstić information content (AvgIpc) is 3.04. The number of carbonyl (C=O) groups excluding carboxylic acids is 1. The lowest BCUT2D eigenvalue weighted by molar-refractivity contribution is -0.127. The minimum absolute atomic E-state index is 0.0958. The first-order valence-electron chi connectivity index (χ1n) is 7.86. The molecular formula is C17H20N2O3S. The summed E-state index contributed by atoms with van der Waals surface area (Å²) >= 11 is 1.71. The van der Waals surface area contributed by atoms with Gasteiger partial charge in [-0.05, 0) is 37.1 Å². The predicted octanol–water partition coefficient (Wildman–Crippen LogP) is 2.15. The van der Waals surface area contributed by atoms with Crippen molar-refractivity contribution in [2.24, 2.45) is 5.92 Å². The first kappa shape index (κ1) is 16.0. The van der Waals surface area contributed by atoms with Gasteiger partial charge in [-0.15, -0.1) is 0 Å². The van der Waals surface area contributed by atoms with Crippen molar-refractivity contribution in [2.45, 2.75) is 25.3 Å². The Hall–Kier alpha value is -1.87. The first-order chi connectivity index (χ1) is 11.2. The third-order valence-electron chi connectivity index (χ3n) is 4.22. The molecule has 1 amide bonds. The van der Waals surface area contributed by atoms with E-state index in [9.17, 15) is 10.1 Å². The number of ether oxygens (including phenoxy) is 2. The number of amides is 1. The van der Waals surface area contributed by atoms with E-state index in [1.807, 2.05) is 25.1 Å². The molecule has 0 spiro atoms. The maximum atomic E-state index is 12.6. The van der Waals surface area contributed by atoms with E-state index in [1.54, 1.807) is 11.8 Å². The molecule has 1 aromatic carbocycles. The minimum Gasteiger partial charge on any atom is -0.490 e. The smallest absolute Gasteiger partial charge is 0.228 e. The predicted molar refractivity (Wildman–Crippen MR) is 88.7 cm³/mol. The fraction of sp³-hybridized carbons (Fsp3) is 0.529. The molecule has 2 atom stereocenters. The second-order valence-corrected chi connectivity index (χ2v) is 6.98. The number of nitrogens with one attached hydrogen (secondary N) is 1. The van der Waals surface area contributed by atoms with Crippen molar-refractivity contribution in [3.05, 3.63) is 23.8 Å². The molecule has 1 N–H and O–H groups in total. The Balaban J connectivity index is 1.71. The summed E-state index contributed by atoms with van der Waals surface area (Å²) in [6.45, 7) is 2.82. The van der Waals surface area contributed by atoms with Crippen molar-refractivity contribution >= 4 is 17.7 Å². The molecule has 3 rings (SSSR count). The molecule has 0 bridgehead atoms. The van der Waals surface area contributed by atoms with Crippen LogP contribution >= 0.6 is 11.8 Å². The SMILES string of the molecule is CCOc1cccc2c1OC[C@H](C(=O)N[C@]1(C#N)CCSC1)C2. The maximum absolute atomic E-state index is 12.6. The standard InChI is InChI=1S/C17H20N2O3S/c1-2-21-14-5-3-4-12-8-13(9-22-15(12)14)16(20)19-17(10-18)6-7-23-11-17/h3-5,13H,2,6-9,11H2,1H3,(H,19,20)/t13-,17+/m1/s1. The van der Waals surface area contributed by atoms with Crippen molar-refractivity contribution < 1.29 is 14.3 Å². The van der Waals surface area contributed by atoms with Crippen LogP contribution in [0.15, 0.2) is 18.2 Å². The highest BCUT2D eigenvalue weighted by atomic mass is 32.2. The largest absolute Gasteiger partial charge is 0.490 e. The molecule has 2 aliphatic rings. The molecule has 0 saturated carbocycles. The summed E-state index contributed by atoms with van der Waals surface area (Å²) in [6.07, 6.45) is 1.31. The van der Waals surface area contributed by atoms with E-state index in [4.69, 9.17) is 9.47 Å². The number of hydrogen-bond donors (Lipinski definition) is 1. The van der Waals surface area contributed by atoms with E-state index in [-0.39, 0.29) is 11.8 Å². The Morgan fingerprint density at radius 1 is 1.61 bits per heavy atom. The van der Waals surface area contributed by atoms with Gasteiger partial charge >= 0.3 is 0 Å². The summed E-state index contributed by atoms with van der Waals surface area (Å²) < 4.78 is 11.4. The van der Waals surface area contributed by atoms with Crippen LogP contribution in [0.1, 0.15) is 18.9 Å². The second kappa shape index (κ2) is 6.71. The number of para-hydroxylation sites is 1. The Morgan fingerprint density at radius 3 is 3.17 bits per heavy atom. The van der Waals surface area contributed by atoms with Crippen molar-refractivity contribution in [2.75, 3.05) is 24.7 Å². The quantitative estimate of drug-likeness (QED) is 0.915. The lowest BCUT2D eigenvalue weighted by Crippen LogP contribution is -2.51. The van der Waals surface area contributed by atoms with E-state index < -0.39 is 5.54 Å². The molecule has 2 heterocycles. The van der Waals surface area contributed by atoms with Gasteiger partial charge in [-0.25, -0.2) is 0 Å². The molecule has 5 nitrogen and oxygen atoms in total. The molecule has 23 heavy (non-hydrogen) atoms. The highest BCUT2D eigenvalue weighted by Crippen LogP contribution is 2.36. The van der Waals surface area contributed by atoms with Gasteiger partial charge in [-0.3, -0.25) is 4.79 Å². The molecule has 1 saturated heterocycles. The normalized spacial score (nSPS) is 25.8. The zero-order chi connectivity index (χ0) is 16.3. The Kier molecular flexibility index (Phi) is 4.67. The van der Waals surface area contributed by atoms with Crippen LogP contribution in [0.3, 0.4) is 0 Å². The summed E-state index contributed by atoms with van der Waals surface area (Å²) in [5.74, 6) is 2.68. The third-order valence-corrected chi connectivity index (χ3v) is 5.41. The van der Waals surface area contributed by atoms with Gasteiger partial charge in [-0.2, -0.15) is 17.0 Å². The van der Waals surface area contributed by atoms with E-state index >= 15 is 0 Å². The van der Waals surface area contributed by atoms with Crippen molar-refractivity contribution in [1.82, 2.24) is 5.32 Å². The van der Waals surface area contributed by atoms with Gasteiger partial charge in [-0.1, -0.05) is 12.1 Å². The molecule has 2 aliphatic heterocycles. The van der Waals surface area contributed by atoms with E-state index in [2.05, 4.69) is 11.4 Å². The van der Waals surface area contributed by atoms with Crippen LogP contribution in [0.5, 0.6) is 11.5 Å². The molecule has 0 aromatic heterocycles. The zero-order valence-electron chi connectivity index (χ0n) is 13.1. The topological polar surface area (TPSA) is 71.3 Å². The van der Waals surface area contributed by atoms with Gasteiger partial charge in [0.25, 0.3) is 0 Å². The van der Waals surface area contributed by atoms with Crippen LogP contribution in [-0.2, 0) is 11.2 Å². The van der Waals surface area contributed by atoms with Gasteiger partial charge in [0.2, 0.25) is 5.91 Å². The summed E-state index contributed by atoms with van der Waals surface area (Å²) in [7, 11) is 0. The van der Waals surface area contributed by atoms with E-state index in [1.165, 1.54) is 0 Å². The van der Waals surface area contributed by atoms with Gasteiger partial charge in [0.1, 0.15) is 12.1 Å². The number of nitriles is 1. The van der Waals surface area contributed by atoms with Crippen molar-refractivity contribution in [3.8, 4) is 17.6 Å². The number of nitrogens with zero attached hydrogens (tertiary/aromatic N) is 1. The fourth-order valence-electron chi connectivity index (χ4n) is 2.95. The van der Waals surface area contributed by atoms with Crippen molar-refractivity contribution in [1.29, 1.82) is 5.26 Å². The highest BCUT2D eigenvalue weighted by molar-refractivity contribution is 7.99. The van der Waals surface area contributed by atoms with Crippen LogP contribution in [-0.4, -0.2) is 36.2 Å². The van der Waals surface area contributed by atoms with Gasteiger partial charge in [0.05, 0.1) is 18.6 Å². The molecule has 122 valence electrons. The second-order valence-electron chi connectivity index (χ2n) is 5.88. The molecule has 0 aliphatic carbocycles. The fourth-order valence-corrected chi connectivity index (χ4v) is 4.22. The molecule has 0 unspecified atom stereocenters. The number of fused-ring (bicyclic) bond motifs is 1. The minimum atomic E-state index is -0.713. The Bertz CT molecular complexity index is 635. The van der Waals surface area contributed by atoms with Crippen LogP contribution in [0.2, 0.25) is 0 Å². The lowest BCUT2D eigenvalue weighted by atomic mass is 9.93. The highest BCUT2D eigenvalue weighted by Gasteiger charge is 2.38. The van der Waals surface area contributed by atoms with E-state index in [0.717, 1.165) is 22.8 Å². The number of thioether (sulfide) groups is 1. The van der Waals surface area contributed by atoms with Crippen LogP contribution in [0.4, 0.5) is 0 Å². The summed E-state index contributed by atoms with van der Waals surface area (Å²) in [6, 6.07) is 8.03. The van der Waals surface area contributed by atoms with Crippen LogP contribution in [0, 0.1) is 17.2 Å². The van der Waals surface area contributed by atoms with Gasteiger partial charge in [0, 0.05) is 5.75 Å². The monoisotopic (exact) mass is 332 g/mol. The van der Waals surface area contributed by atoms with E-state index in [0.29, 0.717) is 31.8 Å². The third kappa shape index (κ3) is 3.25. The number of benzene rings is 1. The molecule has 0 radical (unpaired) electrons. The molecular weight excluding hydrogens is 312 g/mol. The molecule has 6 heteroatoms. The lowest BCUT2D eigenvalue weighted by Gasteiger charge is -2.29. The zero-order valence-corrected chi connectivity index (χ0v) is 13.9. The number of rotatable bonds is 4. The van der Waals surface area contributed by atoms with Crippen LogP contribution < -0.4 is 14.8 Å². The van der Waals surface area contributed by atoms with Crippen LogP contribution in [0.25, 0.3) is 0 Å². The average molecular weight is 332 g/mol. The van der Waals surface area contributed by atoms with Gasteiger partial charge in [0.15, 0.2) is 11.5 Å². The number of hydrogen-bond acceptors (Lipinski definition) is 5. The maximum Gasteiger partial charge on any atom is 0.228 e. The first-order valence-corrected chi connectivity index (χ1v) is 9.01. The molecule has 1 aromatic rings. The Labute approximate surface area is 140 Å². The van der Waals surface area contributed by atoms with Crippen molar-refractivity contribution in [3.63, 3.8) is 0 Å². The Morgan fingerprint density at radius 2 is 2.48 bits per heavy atom. The number of carbonyl (C=O) groups is 1. The summed E-state index contributed by atoms with van der Waals surface area (Å²) in [5, 5.41) is 12.3. The van der Waals surface area contributed by atoms with Gasteiger partial charge < -0.3 is 14.8 Å². The summed E-state index contributed by atoms with van der Waals surface area (Å²) in [4.78, 5) is 12.6. The molecule has 1 fully saturated rings. The summed E-state index contributed by atoms with van der Waals surface area (Å²) in [5.41, 5.74) is 0.268.